The molecule has 0 aliphatic heterocycles. The summed E-state index contributed by atoms with van der Waals surface area (Å²) < 4.78 is 0. The van der Waals surface area contributed by atoms with Crippen LogP contribution in [0, 0.1) is 0 Å². The second kappa shape index (κ2) is 6.94. The maximum atomic E-state index is 6.19. The van der Waals surface area contributed by atoms with Crippen LogP contribution in [0.1, 0.15) is 0 Å². The number of rotatable bonds is 3. The number of nitrogens with zero attached hydrogens (tertiary/aromatic N) is 3. The van der Waals surface area contributed by atoms with Crippen molar-refractivity contribution < 1.29 is 0 Å². The Bertz CT molecular complexity index is 1050. The Labute approximate surface area is 156 Å². The molecule has 0 saturated heterocycles. The zero-order valence-corrected chi connectivity index (χ0v) is 14.6. The van der Waals surface area contributed by atoms with Crippen LogP contribution in [0.5, 0.6) is 0 Å². The van der Waals surface area contributed by atoms with Crippen LogP contribution in [0.15, 0.2) is 78.9 Å². The van der Waals surface area contributed by atoms with Crippen LogP contribution < -0.4 is 5.73 Å². The first-order valence-electron chi connectivity index (χ1n) is 8.13. The summed E-state index contributed by atoms with van der Waals surface area (Å²) in [6.07, 6.45) is 0. The molecule has 26 heavy (non-hydrogen) atoms. The average Bonchev–Trinajstić information content (AvgIpc) is 2.69. The van der Waals surface area contributed by atoms with Crippen LogP contribution in [0.4, 0.5) is 5.69 Å². The molecule has 1 heterocycles. The zero-order valence-electron chi connectivity index (χ0n) is 13.8. The Morgan fingerprint density at radius 2 is 1.19 bits per heavy atom. The third kappa shape index (κ3) is 3.27. The lowest BCUT2D eigenvalue weighted by molar-refractivity contribution is 1.07. The van der Waals surface area contributed by atoms with Gasteiger partial charge in [0.05, 0.1) is 0 Å². The fourth-order valence-electron chi connectivity index (χ4n) is 2.78. The molecule has 0 amide bonds. The molecule has 0 bridgehead atoms. The van der Waals surface area contributed by atoms with Gasteiger partial charge in [-0.1, -0.05) is 66.7 Å². The third-order valence-corrected chi connectivity index (χ3v) is 4.20. The molecule has 0 radical (unpaired) electrons. The lowest BCUT2D eigenvalue weighted by atomic mass is 9.99. The van der Waals surface area contributed by atoms with Gasteiger partial charge in [0, 0.05) is 16.8 Å². The highest BCUT2D eigenvalue weighted by atomic mass is 35.5. The molecule has 0 unspecified atom stereocenters. The molecule has 0 fully saturated rings. The van der Waals surface area contributed by atoms with Crippen molar-refractivity contribution in [3.8, 4) is 33.9 Å². The molecular weight excluding hydrogens is 344 g/mol. The standard InChI is InChI=1S/C21H15ClN4/c22-21-25-19(15-6-2-1-3-7-15)24-20(26-21)18-9-5-4-8-17(18)14-10-12-16(23)13-11-14/h1-13H,23H2. The second-order valence-electron chi connectivity index (χ2n) is 5.79. The molecule has 0 saturated carbocycles. The highest BCUT2D eigenvalue weighted by molar-refractivity contribution is 6.28. The summed E-state index contributed by atoms with van der Waals surface area (Å²) in [5.74, 6) is 1.09. The molecular formula is C21H15ClN4. The van der Waals surface area contributed by atoms with Crippen molar-refractivity contribution in [1.29, 1.82) is 0 Å². The van der Waals surface area contributed by atoms with Gasteiger partial charge in [-0.05, 0) is 34.9 Å². The van der Waals surface area contributed by atoms with Crippen molar-refractivity contribution >= 4 is 17.3 Å². The number of hydrogen-bond donors (Lipinski definition) is 1. The van der Waals surface area contributed by atoms with Crippen molar-refractivity contribution in [1.82, 2.24) is 15.0 Å². The summed E-state index contributed by atoms with van der Waals surface area (Å²) in [6.45, 7) is 0. The molecule has 1 aromatic heterocycles. The fourth-order valence-corrected chi connectivity index (χ4v) is 2.94. The van der Waals surface area contributed by atoms with E-state index < -0.39 is 0 Å². The summed E-state index contributed by atoms with van der Waals surface area (Å²) in [4.78, 5) is 13.3. The Kier molecular flexibility index (Phi) is 4.33. The summed E-state index contributed by atoms with van der Waals surface area (Å²) in [7, 11) is 0. The number of hydrogen-bond acceptors (Lipinski definition) is 4. The molecule has 126 valence electrons. The Morgan fingerprint density at radius 1 is 0.577 bits per heavy atom. The van der Waals surface area contributed by atoms with Gasteiger partial charge < -0.3 is 5.73 Å². The molecule has 0 spiro atoms. The summed E-state index contributed by atoms with van der Waals surface area (Å²) >= 11 is 6.19. The minimum Gasteiger partial charge on any atom is -0.399 e. The van der Waals surface area contributed by atoms with E-state index in [4.69, 9.17) is 17.3 Å². The quantitative estimate of drug-likeness (QED) is 0.517. The van der Waals surface area contributed by atoms with Crippen molar-refractivity contribution in [2.45, 2.75) is 0 Å². The van der Waals surface area contributed by atoms with E-state index in [1.54, 1.807) is 0 Å². The van der Waals surface area contributed by atoms with Crippen LogP contribution in [0.25, 0.3) is 33.9 Å². The molecule has 3 aromatic carbocycles. The summed E-state index contributed by atoms with van der Waals surface area (Å²) in [5.41, 5.74) is 10.4. The Balaban J connectivity index is 1.86. The normalized spacial score (nSPS) is 10.7. The first-order valence-corrected chi connectivity index (χ1v) is 8.51. The highest BCUT2D eigenvalue weighted by Gasteiger charge is 2.13. The van der Waals surface area contributed by atoms with Gasteiger partial charge in [-0.15, -0.1) is 0 Å². The van der Waals surface area contributed by atoms with E-state index in [0.29, 0.717) is 11.6 Å². The zero-order chi connectivity index (χ0) is 17.9. The van der Waals surface area contributed by atoms with Crippen molar-refractivity contribution in [2.24, 2.45) is 0 Å². The maximum Gasteiger partial charge on any atom is 0.226 e. The van der Waals surface area contributed by atoms with Gasteiger partial charge in [-0.2, -0.15) is 9.97 Å². The van der Waals surface area contributed by atoms with E-state index in [1.807, 2.05) is 78.9 Å². The van der Waals surface area contributed by atoms with Gasteiger partial charge in [-0.3, -0.25) is 0 Å². The predicted octanol–water partition coefficient (Wildman–Crippen LogP) is 5.11. The van der Waals surface area contributed by atoms with Crippen molar-refractivity contribution in [3.63, 3.8) is 0 Å². The van der Waals surface area contributed by atoms with Crippen LogP contribution in [0.3, 0.4) is 0 Å². The van der Waals surface area contributed by atoms with Gasteiger partial charge in [-0.25, -0.2) is 4.98 Å². The van der Waals surface area contributed by atoms with E-state index in [1.165, 1.54) is 0 Å². The number of halogens is 1. The summed E-state index contributed by atoms with van der Waals surface area (Å²) in [6, 6.07) is 25.4. The van der Waals surface area contributed by atoms with Crippen LogP contribution >= 0.6 is 11.6 Å². The molecule has 4 rings (SSSR count). The smallest absolute Gasteiger partial charge is 0.226 e. The van der Waals surface area contributed by atoms with Crippen LogP contribution in [-0.4, -0.2) is 15.0 Å². The van der Waals surface area contributed by atoms with E-state index in [-0.39, 0.29) is 5.28 Å². The number of benzene rings is 3. The number of nitrogen functional groups attached to an aromatic ring is 1. The highest BCUT2D eigenvalue weighted by Crippen LogP contribution is 2.31. The predicted molar refractivity (Wildman–Crippen MR) is 106 cm³/mol. The van der Waals surface area contributed by atoms with Crippen LogP contribution in [0.2, 0.25) is 5.28 Å². The minimum atomic E-state index is 0.168. The second-order valence-corrected chi connectivity index (χ2v) is 6.12. The van der Waals surface area contributed by atoms with E-state index in [2.05, 4.69) is 15.0 Å². The first-order chi connectivity index (χ1) is 12.7. The molecule has 4 aromatic rings. The molecule has 0 aliphatic carbocycles. The fraction of sp³-hybridized carbons (Fsp3) is 0. The molecule has 4 nitrogen and oxygen atoms in total. The van der Waals surface area contributed by atoms with E-state index in [0.717, 1.165) is 27.9 Å². The number of anilines is 1. The third-order valence-electron chi connectivity index (χ3n) is 4.03. The van der Waals surface area contributed by atoms with Gasteiger partial charge in [0.1, 0.15) is 0 Å². The molecule has 0 aliphatic rings. The Morgan fingerprint density at radius 3 is 1.92 bits per heavy atom. The topological polar surface area (TPSA) is 64.7 Å². The van der Waals surface area contributed by atoms with Gasteiger partial charge in [0.2, 0.25) is 5.28 Å². The lowest BCUT2D eigenvalue weighted by Crippen LogP contribution is -1.98. The molecule has 5 heteroatoms. The molecule has 0 atom stereocenters. The number of nitrogens with two attached hydrogens (primary N) is 1. The monoisotopic (exact) mass is 358 g/mol. The minimum absolute atomic E-state index is 0.168. The number of aromatic nitrogens is 3. The van der Waals surface area contributed by atoms with Gasteiger partial charge in [0.15, 0.2) is 11.6 Å². The average molecular weight is 359 g/mol. The van der Waals surface area contributed by atoms with Crippen LogP contribution in [-0.2, 0) is 0 Å². The SMILES string of the molecule is Nc1ccc(-c2ccccc2-c2nc(Cl)nc(-c3ccccc3)n2)cc1. The maximum absolute atomic E-state index is 6.19. The van der Waals surface area contributed by atoms with Gasteiger partial charge in [0.25, 0.3) is 0 Å². The van der Waals surface area contributed by atoms with Gasteiger partial charge >= 0.3 is 0 Å². The molecule has 2 N–H and O–H groups in total. The van der Waals surface area contributed by atoms with Crippen molar-refractivity contribution in [3.05, 3.63) is 84.1 Å². The van der Waals surface area contributed by atoms with Crippen molar-refractivity contribution in [2.75, 3.05) is 5.73 Å². The Hall–Kier alpha value is -3.24. The van der Waals surface area contributed by atoms with E-state index in [9.17, 15) is 0 Å². The summed E-state index contributed by atoms with van der Waals surface area (Å²) in [5, 5.41) is 0.168. The first kappa shape index (κ1) is 16.2. The lowest BCUT2D eigenvalue weighted by Gasteiger charge is -2.10. The van der Waals surface area contributed by atoms with E-state index >= 15 is 0 Å². The largest absolute Gasteiger partial charge is 0.399 e.